The summed E-state index contributed by atoms with van der Waals surface area (Å²) in [5.74, 6) is 0.341. The average molecular weight is 142 g/mol. The van der Waals surface area contributed by atoms with E-state index in [0.717, 1.165) is 12.8 Å². The van der Waals surface area contributed by atoms with Crippen LogP contribution in [0.25, 0.3) is 0 Å². The molecule has 0 bridgehead atoms. The standard InChI is InChI=1S/C9H18O/c1-4-5-6-7-9(10)8(2)3/h6-10H,4-5H2,1-3H3/b7-6-/t9-/m0/s1. The largest absolute Gasteiger partial charge is 0.389 e. The van der Waals surface area contributed by atoms with E-state index < -0.39 is 0 Å². The van der Waals surface area contributed by atoms with Crippen LogP contribution in [0.3, 0.4) is 0 Å². The van der Waals surface area contributed by atoms with Crippen molar-refractivity contribution < 1.29 is 5.11 Å². The highest BCUT2D eigenvalue weighted by molar-refractivity contribution is 4.89. The van der Waals surface area contributed by atoms with Crippen LogP contribution in [0.5, 0.6) is 0 Å². The van der Waals surface area contributed by atoms with Crippen molar-refractivity contribution in [1.29, 1.82) is 0 Å². The molecule has 1 N–H and O–H groups in total. The van der Waals surface area contributed by atoms with Crippen LogP contribution in [0.4, 0.5) is 0 Å². The molecule has 0 radical (unpaired) electrons. The van der Waals surface area contributed by atoms with Gasteiger partial charge in [-0.2, -0.15) is 0 Å². The number of aliphatic hydroxyl groups excluding tert-OH is 1. The van der Waals surface area contributed by atoms with Crippen molar-refractivity contribution in [3.63, 3.8) is 0 Å². The Morgan fingerprint density at radius 1 is 1.40 bits per heavy atom. The summed E-state index contributed by atoms with van der Waals surface area (Å²) in [7, 11) is 0. The number of rotatable bonds is 4. The van der Waals surface area contributed by atoms with Crippen LogP contribution in [-0.4, -0.2) is 11.2 Å². The van der Waals surface area contributed by atoms with Crippen molar-refractivity contribution in [3.8, 4) is 0 Å². The Morgan fingerprint density at radius 3 is 2.40 bits per heavy atom. The molecule has 0 spiro atoms. The normalized spacial score (nSPS) is 14.9. The molecule has 1 heteroatoms. The van der Waals surface area contributed by atoms with Gasteiger partial charge < -0.3 is 5.11 Å². The Morgan fingerprint density at radius 2 is 2.00 bits per heavy atom. The number of aliphatic hydroxyl groups is 1. The van der Waals surface area contributed by atoms with E-state index >= 15 is 0 Å². The fourth-order valence-electron chi connectivity index (χ4n) is 0.625. The molecular weight excluding hydrogens is 124 g/mol. The van der Waals surface area contributed by atoms with Crippen LogP contribution >= 0.6 is 0 Å². The number of hydrogen-bond acceptors (Lipinski definition) is 1. The van der Waals surface area contributed by atoms with Crippen LogP contribution in [0.1, 0.15) is 33.6 Å². The van der Waals surface area contributed by atoms with E-state index in [9.17, 15) is 5.11 Å². The molecule has 1 atom stereocenters. The van der Waals surface area contributed by atoms with E-state index in [2.05, 4.69) is 6.92 Å². The first-order valence-corrected chi connectivity index (χ1v) is 4.03. The van der Waals surface area contributed by atoms with Crippen molar-refractivity contribution in [2.24, 2.45) is 5.92 Å². The molecule has 0 aromatic rings. The van der Waals surface area contributed by atoms with Gasteiger partial charge in [0, 0.05) is 0 Å². The maximum atomic E-state index is 9.27. The SMILES string of the molecule is CCC/C=C\[C@H](O)C(C)C. The van der Waals surface area contributed by atoms with Gasteiger partial charge in [0.25, 0.3) is 0 Å². The van der Waals surface area contributed by atoms with Crippen LogP contribution in [0.2, 0.25) is 0 Å². The van der Waals surface area contributed by atoms with Gasteiger partial charge in [-0.25, -0.2) is 0 Å². The van der Waals surface area contributed by atoms with Gasteiger partial charge in [-0.3, -0.25) is 0 Å². The first-order valence-electron chi connectivity index (χ1n) is 4.03. The molecule has 0 saturated carbocycles. The summed E-state index contributed by atoms with van der Waals surface area (Å²) in [6, 6.07) is 0. The smallest absolute Gasteiger partial charge is 0.0743 e. The van der Waals surface area contributed by atoms with Crippen molar-refractivity contribution in [2.75, 3.05) is 0 Å². The van der Waals surface area contributed by atoms with Crippen LogP contribution in [-0.2, 0) is 0 Å². The van der Waals surface area contributed by atoms with Gasteiger partial charge in [0.1, 0.15) is 0 Å². The lowest BCUT2D eigenvalue weighted by atomic mass is 10.1. The molecule has 0 rings (SSSR count). The first-order chi connectivity index (χ1) is 4.68. The fourth-order valence-corrected chi connectivity index (χ4v) is 0.625. The average Bonchev–Trinajstić information content (AvgIpc) is 1.88. The van der Waals surface area contributed by atoms with Gasteiger partial charge in [-0.05, 0) is 12.3 Å². The molecule has 60 valence electrons. The minimum absolute atomic E-state index is 0.258. The lowest BCUT2D eigenvalue weighted by molar-refractivity contribution is 0.172. The van der Waals surface area contributed by atoms with Crippen LogP contribution in [0, 0.1) is 5.92 Å². The van der Waals surface area contributed by atoms with Gasteiger partial charge in [0.05, 0.1) is 6.10 Å². The van der Waals surface area contributed by atoms with Crippen molar-refractivity contribution in [3.05, 3.63) is 12.2 Å². The molecule has 0 aliphatic carbocycles. The first kappa shape index (κ1) is 9.70. The quantitative estimate of drug-likeness (QED) is 0.597. The summed E-state index contributed by atoms with van der Waals surface area (Å²) in [5, 5.41) is 9.27. The van der Waals surface area contributed by atoms with Gasteiger partial charge in [0.2, 0.25) is 0 Å². The zero-order valence-corrected chi connectivity index (χ0v) is 7.17. The molecule has 0 fully saturated rings. The number of unbranched alkanes of at least 4 members (excludes halogenated alkanes) is 1. The Balaban J connectivity index is 3.45. The Labute approximate surface area is 63.8 Å². The summed E-state index contributed by atoms with van der Waals surface area (Å²) in [6.45, 7) is 6.16. The molecule has 10 heavy (non-hydrogen) atoms. The van der Waals surface area contributed by atoms with E-state index in [0.29, 0.717) is 5.92 Å². The third-order valence-electron chi connectivity index (χ3n) is 1.47. The Bertz CT molecular complexity index is 94.9. The minimum Gasteiger partial charge on any atom is -0.389 e. The topological polar surface area (TPSA) is 20.2 Å². The molecule has 1 nitrogen and oxygen atoms in total. The lowest BCUT2D eigenvalue weighted by Crippen LogP contribution is -2.10. The van der Waals surface area contributed by atoms with Crippen molar-refractivity contribution in [1.82, 2.24) is 0 Å². The second kappa shape index (κ2) is 5.48. The van der Waals surface area contributed by atoms with Crippen molar-refractivity contribution >= 4 is 0 Å². The summed E-state index contributed by atoms with van der Waals surface area (Å²) in [4.78, 5) is 0. The fraction of sp³-hybridized carbons (Fsp3) is 0.778. The molecule has 0 aliphatic rings. The second-order valence-electron chi connectivity index (χ2n) is 2.95. The monoisotopic (exact) mass is 142 g/mol. The van der Waals surface area contributed by atoms with Gasteiger partial charge in [-0.1, -0.05) is 39.3 Å². The molecule has 0 saturated heterocycles. The minimum atomic E-state index is -0.258. The highest BCUT2D eigenvalue weighted by Gasteiger charge is 2.02. The van der Waals surface area contributed by atoms with E-state index in [1.54, 1.807) is 0 Å². The molecule has 0 aromatic heterocycles. The third kappa shape index (κ3) is 4.57. The van der Waals surface area contributed by atoms with E-state index in [1.165, 1.54) is 0 Å². The number of hydrogen-bond donors (Lipinski definition) is 1. The van der Waals surface area contributed by atoms with Gasteiger partial charge in [0.15, 0.2) is 0 Å². The van der Waals surface area contributed by atoms with Gasteiger partial charge >= 0.3 is 0 Å². The summed E-state index contributed by atoms with van der Waals surface area (Å²) in [5.41, 5.74) is 0. The predicted octanol–water partition coefficient (Wildman–Crippen LogP) is 2.36. The summed E-state index contributed by atoms with van der Waals surface area (Å²) < 4.78 is 0. The Hall–Kier alpha value is -0.300. The van der Waals surface area contributed by atoms with E-state index in [4.69, 9.17) is 0 Å². The molecule has 0 aliphatic heterocycles. The van der Waals surface area contributed by atoms with E-state index in [1.807, 2.05) is 26.0 Å². The van der Waals surface area contributed by atoms with Crippen LogP contribution in [0.15, 0.2) is 12.2 Å². The van der Waals surface area contributed by atoms with E-state index in [-0.39, 0.29) is 6.10 Å². The highest BCUT2D eigenvalue weighted by Crippen LogP contribution is 2.02. The van der Waals surface area contributed by atoms with Crippen molar-refractivity contribution in [2.45, 2.75) is 39.7 Å². The zero-order valence-electron chi connectivity index (χ0n) is 7.17. The highest BCUT2D eigenvalue weighted by atomic mass is 16.3. The zero-order chi connectivity index (χ0) is 7.98. The summed E-state index contributed by atoms with van der Waals surface area (Å²) in [6.07, 6.45) is 5.90. The molecule has 0 heterocycles. The molecule has 0 amide bonds. The third-order valence-corrected chi connectivity index (χ3v) is 1.47. The molecule has 0 aromatic carbocycles. The number of allylic oxidation sites excluding steroid dienone is 1. The Kier molecular flexibility index (Phi) is 5.32. The summed E-state index contributed by atoms with van der Waals surface area (Å²) >= 11 is 0. The second-order valence-corrected chi connectivity index (χ2v) is 2.95. The molecule has 0 unspecified atom stereocenters. The van der Waals surface area contributed by atoms with Gasteiger partial charge in [-0.15, -0.1) is 0 Å². The van der Waals surface area contributed by atoms with Crippen LogP contribution < -0.4 is 0 Å². The lowest BCUT2D eigenvalue weighted by Gasteiger charge is -2.07. The maximum absolute atomic E-state index is 9.27. The maximum Gasteiger partial charge on any atom is 0.0743 e. The predicted molar refractivity (Wildman–Crippen MR) is 44.9 cm³/mol. The molecular formula is C9H18O.